The number of alkyl halides is 3. The Hall–Kier alpha value is -3.36. The summed E-state index contributed by atoms with van der Waals surface area (Å²) in [7, 11) is 0. The maximum atomic E-state index is 12.7. The van der Waals surface area contributed by atoms with E-state index >= 15 is 0 Å². The van der Waals surface area contributed by atoms with E-state index in [4.69, 9.17) is 5.11 Å². The molecule has 6 nitrogen and oxygen atoms in total. The van der Waals surface area contributed by atoms with Crippen LogP contribution in [-0.4, -0.2) is 34.1 Å². The van der Waals surface area contributed by atoms with Crippen molar-refractivity contribution in [3.63, 3.8) is 0 Å². The van der Waals surface area contributed by atoms with Crippen LogP contribution in [0.3, 0.4) is 0 Å². The number of hydrogen-bond acceptors (Lipinski definition) is 3. The minimum absolute atomic E-state index is 0.0317. The SMILES string of the molecule is O=C(Cc1cccc(C(F)(F)F)c1)N[C@H](Cc1ccc(C(=O)O)cc1)C(=O)O. The molecule has 9 heteroatoms. The predicted octanol–water partition coefficient (Wildman–Crippen LogP) is 2.76. The van der Waals surface area contributed by atoms with Crippen molar-refractivity contribution >= 4 is 17.8 Å². The molecule has 2 aromatic rings. The van der Waals surface area contributed by atoms with E-state index in [1.165, 1.54) is 36.4 Å². The third kappa shape index (κ3) is 5.83. The minimum Gasteiger partial charge on any atom is -0.480 e. The number of benzene rings is 2. The molecule has 1 amide bonds. The Labute approximate surface area is 157 Å². The van der Waals surface area contributed by atoms with E-state index in [1.807, 2.05) is 0 Å². The highest BCUT2D eigenvalue weighted by Gasteiger charge is 2.30. The van der Waals surface area contributed by atoms with Gasteiger partial charge in [-0.25, -0.2) is 9.59 Å². The molecule has 0 saturated carbocycles. The zero-order valence-corrected chi connectivity index (χ0v) is 14.4. The fourth-order valence-electron chi connectivity index (χ4n) is 2.51. The summed E-state index contributed by atoms with van der Waals surface area (Å²) in [6.45, 7) is 0. The van der Waals surface area contributed by atoms with Gasteiger partial charge in [0.05, 0.1) is 17.5 Å². The maximum Gasteiger partial charge on any atom is 0.416 e. The van der Waals surface area contributed by atoms with Crippen molar-refractivity contribution in [2.24, 2.45) is 0 Å². The molecule has 28 heavy (non-hydrogen) atoms. The van der Waals surface area contributed by atoms with E-state index < -0.39 is 42.0 Å². The Morgan fingerprint density at radius 3 is 2.14 bits per heavy atom. The lowest BCUT2D eigenvalue weighted by atomic mass is 10.0. The molecule has 0 saturated heterocycles. The van der Waals surface area contributed by atoms with Crippen LogP contribution in [0.1, 0.15) is 27.0 Å². The number of carboxylic acids is 2. The summed E-state index contributed by atoms with van der Waals surface area (Å²) in [5, 5.41) is 20.4. The second-order valence-electron chi connectivity index (χ2n) is 6.04. The lowest BCUT2D eigenvalue weighted by molar-refractivity contribution is -0.141. The van der Waals surface area contributed by atoms with Gasteiger partial charge in [0, 0.05) is 6.42 Å². The van der Waals surface area contributed by atoms with E-state index in [-0.39, 0.29) is 17.5 Å². The number of carboxylic acid groups (broad SMARTS) is 2. The third-order valence-electron chi connectivity index (χ3n) is 3.89. The van der Waals surface area contributed by atoms with Crippen LogP contribution >= 0.6 is 0 Å². The Morgan fingerprint density at radius 2 is 1.61 bits per heavy atom. The molecule has 0 aliphatic heterocycles. The molecule has 0 fully saturated rings. The minimum atomic E-state index is -4.54. The summed E-state index contributed by atoms with van der Waals surface area (Å²) in [6.07, 6.45) is -5.06. The van der Waals surface area contributed by atoms with Crippen molar-refractivity contribution in [2.75, 3.05) is 0 Å². The first kappa shape index (κ1) is 20.9. The van der Waals surface area contributed by atoms with Crippen molar-refractivity contribution in [2.45, 2.75) is 25.1 Å². The Morgan fingerprint density at radius 1 is 0.964 bits per heavy atom. The standard InChI is InChI=1S/C19H16F3NO5/c20-19(21,22)14-3-1-2-12(8-14)10-16(24)23-15(18(27)28)9-11-4-6-13(7-5-11)17(25)26/h1-8,15H,9-10H2,(H,23,24)(H,25,26)(H,27,28)/t15-/m1/s1. The van der Waals surface area contributed by atoms with Gasteiger partial charge in [-0.2, -0.15) is 13.2 Å². The van der Waals surface area contributed by atoms with Crippen LogP contribution in [0.15, 0.2) is 48.5 Å². The van der Waals surface area contributed by atoms with Gasteiger partial charge in [-0.3, -0.25) is 4.79 Å². The van der Waals surface area contributed by atoms with Crippen molar-refractivity contribution < 1.29 is 37.8 Å². The van der Waals surface area contributed by atoms with Gasteiger partial charge >= 0.3 is 18.1 Å². The molecule has 0 aliphatic carbocycles. The average molecular weight is 395 g/mol. The van der Waals surface area contributed by atoms with Gasteiger partial charge in [-0.15, -0.1) is 0 Å². The molecule has 0 aliphatic rings. The highest BCUT2D eigenvalue weighted by atomic mass is 19.4. The molecule has 0 heterocycles. The third-order valence-corrected chi connectivity index (χ3v) is 3.89. The maximum absolute atomic E-state index is 12.7. The molecular formula is C19H16F3NO5. The van der Waals surface area contributed by atoms with Gasteiger partial charge in [0.2, 0.25) is 5.91 Å². The summed E-state index contributed by atoms with van der Waals surface area (Å²) in [4.78, 5) is 34.3. The van der Waals surface area contributed by atoms with Crippen molar-refractivity contribution in [1.29, 1.82) is 0 Å². The van der Waals surface area contributed by atoms with Gasteiger partial charge in [0.15, 0.2) is 0 Å². The second-order valence-corrected chi connectivity index (χ2v) is 6.04. The molecule has 148 valence electrons. The topological polar surface area (TPSA) is 104 Å². The van der Waals surface area contributed by atoms with Crippen LogP contribution < -0.4 is 5.32 Å². The first-order chi connectivity index (χ1) is 13.1. The zero-order chi connectivity index (χ0) is 20.9. The van der Waals surface area contributed by atoms with Crippen LogP contribution in [-0.2, 0) is 28.6 Å². The Kier molecular flexibility index (Phi) is 6.40. The Bertz CT molecular complexity index is 878. The molecule has 2 rings (SSSR count). The number of aliphatic carboxylic acids is 1. The quantitative estimate of drug-likeness (QED) is 0.669. The molecular weight excluding hydrogens is 379 g/mol. The van der Waals surface area contributed by atoms with Gasteiger partial charge < -0.3 is 15.5 Å². The fraction of sp³-hybridized carbons (Fsp3) is 0.211. The normalized spacial score (nSPS) is 12.2. The van der Waals surface area contributed by atoms with Crippen LogP contribution in [0.25, 0.3) is 0 Å². The van der Waals surface area contributed by atoms with E-state index in [0.29, 0.717) is 5.56 Å². The summed E-state index contributed by atoms with van der Waals surface area (Å²) in [5.74, 6) is -3.19. The molecule has 0 radical (unpaired) electrons. The van der Waals surface area contributed by atoms with E-state index in [0.717, 1.165) is 12.1 Å². The highest BCUT2D eigenvalue weighted by Crippen LogP contribution is 2.29. The number of hydrogen-bond donors (Lipinski definition) is 3. The molecule has 2 aromatic carbocycles. The van der Waals surface area contributed by atoms with Crippen molar-refractivity contribution in [3.05, 3.63) is 70.8 Å². The number of aromatic carboxylic acids is 1. The van der Waals surface area contributed by atoms with E-state index in [2.05, 4.69) is 5.32 Å². The van der Waals surface area contributed by atoms with Gasteiger partial charge in [0.1, 0.15) is 6.04 Å². The van der Waals surface area contributed by atoms with Crippen LogP contribution in [0.5, 0.6) is 0 Å². The number of nitrogens with one attached hydrogen (secondary N) is 1. The lowest BCUT2D eigenvalue weighted by Crippen LogP contribution is -2.43. The summed E-state index contributed by atoms with van der Waals surface area (Å²) >= 11 is 0. The van der Waals surface area contributed by atoms with Crippen molar-refractivity contribution in [1.82, 2.24) is 5.32 Å². The first-order valence-corrected chi connectivity index (χ1v) is 8.07. The number of carbonyl (C=O) groups excluding carboxylic acids is 1. The molecule has 0 unspecified atom stereocenters. The van der Waals surface area contributed by atoms with E-state index in [9.17, 15) is 32.7 Å². The molecule has 1 atom stereocenters. The molecule has 0 spiro atoms. The van der Waals surface area contributed by atoms with Gasteiger partial charge in [-0.05, 0) is 29.3 Å². The number of carbonyl (C=O) groups is 3. The summed E-state index contributed by atoms with van der Waals surface area (Å²) in [5.41, 5.74) is -0.283. The fourth-order valence-corrected chi connectivity index (χ4v) is 2.51. The smallest absolute Gasteiger partial charge is 0.416 e. The predicted molar refractivity (Wildman–Crippen MR) is 91.8 cm³/mol. The first-order valence-electron chi connectivity index (χ1n) is 8.07. The number of amides is 1. The number of rotatable bonds is 7. The average Bonchev–Trinajstić information content (AvgIpc) is 2.61. The van der Waals surface area contributed by atoms with E-state index in [1.54, 1.807) is 0 Å². The molecule has 0 aromatic heterocycles. The summed E-state index contributed by atoms with van der Waals surface area (Å²) in [6, 6.07) is 8.38. The summed E-state index contributed by atoms with van der Waals surface area (Å²) < 4.78 is 38.2. The lowest BCUT2D eigenvalue weighted by Gasteiger charge is -2.15. The van der Waals surface area contributed by atoms with Gasteiger partial charge in [-0.1, -0.05) is 30.3 Å². The van der Waals surface area contributed by atoms with Crippen LogP contribution in [0.2, 0.25) is 0 Å². The van der Waals surface area contributed by atoms with Crippen LogP contribution in [0, 0.1) is 0 Å². The van der Waals surface area contributed by atoms with Crippen LogP contribution in [0.4, 0.5) is 13.2 Å². The monoisotopic (exact) mass is 395 g/mol. The largest absolute Gasteiger partial charge is 0.480 e. The number of halogens is 3. The molecule has 0 bridgehead atoms. The second kappa shape index (κ2) is 8.55. The zero-order valence-electron chi connectivity index (χ0n) is 14.4. The van der Waals surface area contributed by atoms with Crippen molar-refractivity contribution in [3.8, 4) is 0 Å². The van der Waals surface area contributed by atoms with Gasteiger partial charge in [0.25, 0.3) is 0 Å². The Balaban J connectivity index is 2.04. The molecule has 3 N–H and O–H groups in total. The highest BCUT2D eigenvalue weighted by molar-refractivity contribution is 5.87.